The highest BCUT2D eigenvalue weighted by atomic mass is 16.8. The minimum atomic E-state index is -2.57. The van der Waals surface area contributed by atoms with Gasteiger partial charge in [-0.2, -0.15) is 5.06 Å². The van der Waals surface area contributed by atoms with Crippen LogP contribution in [0, 0.1) is 0 Å². The van der Waals surface area contributed by atoms with Gasteiger partial charge in [0.15, 0.2) is 0 Å². The summed E-state index contributed by atoms with van der Waals surface area (Å²) in [5.74, 6) is 0. The lowest BCUT2D eigenvalue weighted by molar-refractivity contribution is -0.429. The van der Waals surface area contributed by atoms with Crippen molar-refractivity contribution in [3.05, 3.63) is 12.5 Å². The largest absolute Gasteiger partial charge is 0.441 e. The van der Waals surface area contributed by atoms with Gasteiger partial charge >= 0.3 is 6.10 Å². The van der Waals surface area contributed by atoms with Crippen LogP contribution in [0.3, 0.4) is 0 Å². The molecule has 0 aromatic rings. The van der Waals surface area contributed by atoms with E-state index in [1.165, 1.54) is 0 Å². The highest BCUT2D eigenvalue weighted by Crippen LogP contribution is 2.13. The summed E-state index contributed by atoms with van der Waals surface area (Å²) in [5.41, 5.74) is 0. The van der Waals surface area contributed by atoms with Crippen LogP contribution in [0.4, 0.5) is 0 Å². The van der Waals surface area contributed by atoms with Crippen molar-refractivity contribution in [3.8, 4) is 0 Å². The third-order valence-electron chi connectivity index (χ3n) is 0.727. The van der Waals surface area contributed by atoms with E-state index < -0.39 is 6.10 Å². The molecule has 1 heterocycles. The molecule has 3 N–H and O–H groups in total. The van der Waals surface area contributed by atoms with Gasteiger partial charge in [-0.05, 0) is 0 Å². The molecule has 46 valence electrons. The molecule has 0 unspecified atom stereocenters. The number of nitrogens with zero attached hydrogens (tertiary/aromatic N) is 1. The fourth-order valence-electron chi connectivity index (χ4n) is 0.330. The van der Waals surface area contributed by atoms with E-state index in [1.807, 2.05) is 0 Å². The first kappa shape index (κ1) is 5.36. The Labute approximate surface area is 45.0 Å². The second kappa shape index (κ2) is 1.35. The predicted molar refractivity (Wildman–Crippen MR) is 21.0 cm³/mol. The van der Waals surface area contributed by atoms with Crippen LogP contribution in [0.1, 0.15) is 0 Å². The predicted octanol–water partition coefficient (Wildman–Crippen LogP) is -1.23. The van der Waals surface area contributed by atoms with Crippen LogP contribution in [-0.2, 0) is 4.74 Å². The van der Waals surface area contributed by atoms with Crippen molar-refractivity contribution in [2.45, 2.75) is 6.10 Å². The van der Waals surface area contributed by atoms with Crippen LogP contribution >= 0.6 is 0 Å². The van der Waals surface area contributed by atoms with Crippen molar-refractivity contribution < 1.29 is 20.2 Å². The highest BCUT2D eigenvalue weighted by molar-refractivity contribution is 4.78. The van der Waals surface area contributed by atoms with Crippen molar-refractivity contribution in [1.29, 1.82) is 0 Å². The van der Waals surface area contributed by atoms with Crippen LogP contribution in [0.2, 0.25) is 0 Å². The van der Waals surface area contributed by atoms with Crippen LogP contribution in [0.15, 0.2) is 12.5 Å². The molecule has 5 heteroatoms. The lowest BCUT2D eigenvalue weighted by Crippen LogP contribution is -2.41. The molecule has 1 aliphatic rings. The van der Waals surface area contributed by atoms with E-state index in [4.69, 9.17) is 15.4 Å². The topological polar surface area (TPSA) is 73.2 Å². The Morgan fingerprint density at radius 2 is 2.12 bits per heavy atom. The van der Waals surface area contributed by atoms with E-state index in [1.54, 1.807) is 0 Å². The zero-order valence-electron chi connectivity index (χ0n) is 3.85. The van der Waals surface area contributed by atoms with Crippen molar-refractivity contribution in [2.24, 2.45) is 0 Å². The van der Waals surface area contributed by atoms with E-state index in [9.17, 15) is 0 Å². The maximum Gasteiger partial charge on any atom is 0.441 e. The molecule has 0 radical (unpaired) electrons. The zero-order valence-corrected chi connectivity index (χ0v) is 3.85. The van der Waals surface area contributed by atoms with E-state index in [2.05, 4.69) is 4.74 Å². The number of hydrogen-bond donors (Lipinski definition) is 3. The quantitative estimate of drug-likeness (QED) is 0.348. The molecule has 0 spiro atoms. The fourth-order valence-corrected chi connectivity index (χ4v) is 0.330. The molecule has 0 aromatic heterocycles. The van der Waals surface area contributed by atoms with Crippen molar-refractivity contribution >= 4 is 0 Å². The number of ether oxygens (including phenoxy) is 1. The molecule has 0 aromatic carbocycles. The van der Waals surface area contributed by atoms with E-state index in [0.717, 1.165) is 12.5 Å². The van der Waals surface area contributed by atoms with Gasteiger partial charge in [-0.25, -0.2) is 0 Å². The third kappa shape index (κ3) is 0.623. The molecule has 0 bridgehead atoms. The average Bonchev–Trinajstić information content (AvgIpc) is 1.86. The molecule has 0 amide bonds. The van der Waals surface area contributed by atoms with Gasteiger partial charge in [0.2, 0.25) is 0 Å². The van der Waals surface area contributed by atoms with Crippen LogP contribution in [-0.4, -0.2) is 26.6 Å². The Morgan fingerprint density at radius 1 is 1.50 bits per heavy atom. The van der Waals surface area contributed by atoms with E-state index in [-0.39, 0.29) is 5.06 Å². The number of rotatable bonds is 0. The van der Waals surface area contributed by atoms with Gasteiger partial charge in [0.05, 0.1) is 6.20 Å². The Kier molecular flexibility index (Phi) is 0.902. The number of aliphatic hydroxyl groups is 2. The molecule has 0 atom stereocenters. The van der Waals surface area contributed by atoms with Crippen LogP contribution in [0.5, 0.6) is 0 Å². The molecule has 0 aliphatic carbocycles. The Bertz CT molecular complexity index is 120. The van der Waals surface area contributed by atoms with Crippen molar-refractivity contribution in [2.75, 3.05) is 0 Å². The van der Waals surface area contributed by atoms with Gasteiger partial charge in [0, 0.05) is 0 Å². The summed E-state index contributed by atoms with van der Waals surface area (Å²) in [6.07, 6.45) is -0.639. The van der Waals surface area contributed by atoms with Gasteiger partial charge < -0.3 is 14.9 Å². The summed E-state index contributed by atoms with van der Waals surface area (Å²) < 4.78 is 4.06. The number of hydroxylamine groups is 2. The molecule has 0 fully saturated rings. The summed E-state index contributed by atoms with van der Waals surface area (Å²) in [6, 6.07) is 0. The Morgan fingerprint density at radius 3 is 2.25 bits per heavy atom. The normalized spacial score (nSPS) is 23.6. The molecule has 1 rings (SSSR count). The monoisotopic (exact) mass is 119 g/mol. The average molecular weight is 119 g/mol. The van der Waals surface area contributed by atoms with Crippen molar-refractivity contribution in [3.63, 3.8) is 0 Å². The summed E-state index contributed by atoms with van der Waals surface area (Å²) >= 11 is 0. The van der Waals surface area contributed by atoms with Gasteiger partial charge in [-0.1, -0.05) is 0 Å². The maximum atomic E-state index is 8.41. The first-order chi connectivity index (χ1) is 3.63. The molecule has 5 nitrogen and oxygen atoms in total. The Hall–Kier alpha value is -0.780. The molecular weight excluding hydrogens is 114 g/mol. The van der Waals surface area contributed by atoms with E-state index >= 15 is 0 Å². The molecule has 0 saturated carbocycles. The van der Waals surface area contributed by atoms with Gasteiger partial charge in [0.1, 0.15) is 6.26 Å². The maximum absolute atomic E-state index is 8.41. The second-order valence-electron chi connectivity index (χ2n) is 1.32. The fraction of sp³-hybridized carbons (Fsp3) is 0.333. The van der Waals surface area contributed by atoms with Gasteiger partial charge in [-0.15, -0.1) is 0 Å². The van der Waals surface area contributed by atoms with Crippen LogP contribution < -0.4 is 0 Å². The molecule has 0 saturated heterocycles. The SMILES string of the molecule is ON1C=COC1(O)O. The van der Waals surface area contributed by atoms with Crippen molar-refractivity contribution in [1.82, 2.24) is 5.06 Å². The van der Waals surface area contributed by atoms with Gasteiger partial charge in [-0.3, -0.25) is 5.21 Å². The summed E-state index contributed by atoms with van der Waals surface area (Å²) in [6.45, 7) is 0. The second-order valence-corrected chi connectivity index (χ2v) is 1.32. The lowest BCUT2D eigenvalue weighted by atomic mass is 10.9. The standard InChI is InChI=1S/C3H5NO4/c5-3(6)4(7)1-2-8-3/h1-2,5-7H. The number of hydrogen-bond acceptors (Lipinski definition) is 5. The third-order valence-corrected chi connectivity index (χ3v) is 0.727. The summed E-state index contributed by atoms with van der Waals surface area (Å²) in [7, 11) is 0. The molecule has 8 heavy (non-hydrogen) atoms. The zero-order chi connectivity index (χ0) is 6.20. The smallest absolute Gasteiger partial charge is 0.427 e. The highest BCUT2D eigenvalue weighted by Gasteiger charge is 2.34. The minimum Gasteiger partial charge on any atom is -0.427 e. The lowest BCUT2D eigenvalue weighted by Gasteiger charge is -2.19. The van der Waals surface area contributed by atoms with Gasteiger partial charge in [0.25, 0.3) is 0 Å². The first-order valence-corrected chi connectivity index (χ1v) is 1.90. The summed E-state index contributed by atoms with van der Waals surface area (Å²) in [5, 5.41) is 25.3. The molecule has 1 aliphatic heterocycles. The minimum absolute atomic E-state index is 0.132. The Balaban J connectivity index is 2.64. The van der Waals surface area contributed by atoms with E-state index in [0.29, 0.717) is 0 Å². The first-order valence-electron chi connectivity index (χ1n) is 1.90. The van der Waals surface area contributed by atoms with Crippen LogP contribution in [0.25, 0.3) is 0 Å². The molecular formula is C3H5NO4. The summed E-state index contributed by atoms with van der Waals surface area (Å²) in [4.78, 5) is 0.